The molecule has 0 bridgehead atoms. The molecule has 114 valence electrons. The smallest absolute Gasteiger partial charge is 0.319 e. The molecular formula is C14H19N3O4. The van der Waals surface area contributed by atoms with Gasteiger partial charge in [0, 0.05) is 30.8 Å². The Kier molecular flexibility index (Phi) is 6.19. The van der Waals surface area contributed by atoms with E-state index in [1.54, 1.807) is 31.2 Å². The van der Waals surface area contributed by atoms with Crippen LogP contribution in [0.5, 0.6) is 0 Å². The fourth-order valence-electron chi connectivity index (χ4n) is 1.68. The van der Waals surface area contributed by atoms with Gasteiger partial charge in [0.1, 0.15) is 0 Å². The van der Waals surface area contributed by atoms with Gasteiger partial charge in [0.25, 0.3) is 0 Å². The van der Waals surface area contributed by atoms with Gasteiger partial charge in [-0.1, -0.05) is 6.07 Å². The number of hydrogen-bond acceptors (Lipinski definition) is 3. The third-order valence-corrected chi connectivity index (χ3v) is 2.61. The lowest BCUT2D eigenvalue weighted by Gasteiger charge is -2.14. The molecular weight excluding hydrogens is 274 g/mol. The summed E-state index contributed by atoms with van der Waals surface area (Å²) in [6.45, 7) is 3.13. The summed E-state index contributed by atoms with van der Waals surface area (Å²) < 4.78 is 0. The van der Waals surface area contributed by atoms with Crippen molar-refractivity contribution in [3.63, 3.8) is 0 Å². The van der Waals surface area contributed by atoms with E-state index in [0.29, 0.717) is 17.8 Å². The molecule has 1 unspecified atom stereocenters. The Morgan fingerprint density at radius 1 is 1.19 bits per heavy atom. The first-order chi connectivity index (χ1) is 9.86. The minimum atomic E-state index is -0.896. The molecule has 1 aromatic carbocycles. The van der Waals surface area contributed by atoms with Gasteiger partial charge in [-0.15, -0.1) is 0 Å². The first-order valence-corrected chi connectivity index (χ1v) is 6.54. The first kappa shape index (κ1) is 16.5. The van der Waals surface area contributed by atoms with Crippen molar-refractivity contribution < 1.29 is 19.5 Å². The number of nitrogens with one attached hydrogen (secondary N) is 3. The van der Waals surface area contributed by atoms with Crippen molar-refractivity contribution in [1.29, 1.82) is 0 Å². The zero-order chi connectivity index (χ0) is 15.8. The van der Waals surface area contributed by atoms with Crippen LogP contribution in [0.25, 0.3) is 0 Å². The van der Waals surface area contributed by atoms with Crippen molar-refractivity contribution in [3.05, 3.63) is 24.3 Å². The highest BCUT2D eigenvalue weighted by molar-refractivity contribution is 5.92. The second-order valence-corrected chi connectivity index (χ2v) is 4.69. The van der Waals surface area contributed by atoms with Crippen molar-refractivity contribution in [2.75, 3.05) is 10.6 Å². The normalized spacial score (nSPS) is 11.3. The molecule has 0 heterocycles. The number of benzene rings is 1. The van der Waals surface area contributed by atoms with Crippen molar-refractivity contribution in [2.24, 2.45) is 0 Å². The molecule has 0 aliphatic rings. The number of carboxylic acids is 1. The van der Waals surface area contributed by atoms with E-state index in [1.165, 1.54) is 6.92 Å². The van der Waals surface area contributed by atoms with Gasteiger partial charge in [-0.3, -0.25) is 9.59 Å². The van der Waals surface area contributed by atoms with E-state index < -0.39 is 12.0 Å². The third-order valence-electron chi connectivity index (χ3n) is 2.61. The molecule has 7 nitrogen and oxygen atoms in total. The summed E-state index contributed by atoms with van der Waals surface area (Å²) in [4.78, 5) is 33.1. The van der Waals surface area contributed by atoms with Gasteiger partial charge in [-0.2, -0.15) is 0 Å². The van der Waals surface area contributed by atoms with Gasteiger partial charge < -0.3 is 21.1 Å². The fraction of sp³-hybridized carbons (Fsp3) is 0.357. The lowest BCUT2D eigenvalue weighted by Crippen LogP contribution is -2.36. The van der Waals surface area contributed by atoms with E-state index in [-0.39, 0.29) is 18.4 Å². The van der Waals surface area contributed by atoms with E-state index in [2.05, 4.69) is 16.0 Å². The summed E-state index contributed by atoms with van der Waals surface area (Å²) in [6.07, 6.45) is 0.355. The Hall–Kier alpha value is -2.57. The van der Waals surface area contributed by atoms with Crippen molar-refractivity contribution in [1.82, 2.24) is 5.32 Å². The number of anilines is 2. The largest absolute Gasteiger partial charge is 0.481 e. The minimum absolute atomic E-state index is 0.000532. The number of rotatable bonds is 6. The van der Waals surface area contributed by atoms with E-state index >= 15 is 0 Å². The number of urea groups is 1. The van der Waals surface area contributed by atoms with Crippen LogP contribution in [0.1, 0.15) is 26.7 Å². The van der Waals surface area contributed by atoms with Gasteiger partial charge in [0.2, 0.25) is 5.91 Å². The van der Waals surface area contributed by atoms with Crippen molar-refractivity contribution in [3.8, 4) is 0 Å². The molecule has 1 aromatic rings. The molecule has 1 atom stereocenters. The second-order valence-electron chi connectivity index (χ2n) is 4.69. The molecule has 21 heavy (non-hydrogen) atoms. The van der Waals surface area contributed by atoms with Gasteiger partial charge >= 0.3 is 12.0 Å². The molecule has 3 amide bonds. The zero-order valence-corrected chi connectivity index (χ0v) is 12.0. The summed E-state index contributed by atoms with van der Waals surface area (Å²) in [5.41, 5.74) is 1.11. The number of hydrogen-bond donors (Lipinski definition) is 4. The molecule has 0 radical (unpaired) electrons. The van der Waals surface area contributed by atoms with Crippen LogP contribution in [-0.4, -0.2) is 29.1 Å². The van der Waals surface area contributed by atoms with Crippen LogP contribution in [0.3, 0.4) is 0 Å². The van der Waals surface area contributed by atoms with Crippen molar-refractivity contribution >= 4 is 29.3 Å². The molecule has 0 aromatic heterocycles. The summed E-state index contributed by atoms with van der Waals surface area (Å²) in [5, 5.41) is 16.5. The summed E-state index contributed by atoms with van der Waals surface area (Å²) in [5.74, 6) is -1.09. The second kappa shape index (κ2) is 7.88. The molecule has 0 spiro atoms. The minimum Gasteiger partial charge on any atom is -0.481 e. The summed E-state index contributed by atoms with van der Waals surface area (Å²) in [6, 6.07) is 6.05. The SMILES string of the molecule is CC(=O)Nc1cccc(NC(=O)NC(C)CCC(=O)O)c1. The Morgan fingerprint density at radius 2 is 1.81 bits per heavy atom. The molecule has 4 N–H and O–H groups in total. The lowest BCUT2D eigenvalue weighted by molar-refractivity contribution is -0.137. The lowest BCUT2D eigenvalue weighted by atomic mass is 10.2. The van der Waals surface area contributed by atoms with Gasteiger partial charge in [-0.25, -0.2) is 4.79 Å². The van der Waals surface area contributed by atoms with Crippen LogP contribution in [0.4, 0.5) is 16.2 Å². The van der Waals surface area contributed by atoms with Gasteiger partial charge in [0.05, 0.1) is 0 Å². The van der Waals surface area contributed by atoms with Crippen LogP contribution in [0, 0.1) is 0 Å². The molecule has 0 aliphatic heterocycles. The molecule has 1 rings (SSSR count). The molecule has 0 fully saturated rings. The predicted molar refractivity (Wildman–Crippen MR) is 79.2 cm³/mol. The Balaban J connectivity index is 2.50. The average molecular weight is 293 g/mol. The number of carboxylic acid groups (broad SMARTS) is 1. The summed E-state index contributed by atoms with van der Waals surface area (Å²) >= 11 is 0. The predicted octanol–water partition coefficient (Wildman–Crippen LogP) is 2.02. The summed E-state index contributed by atoms with van der Waals surface area (Å²) in [7, 11) is 0. The molecule has 0 aliphatic carbocycles. The van der Waals surface area contributed by atoms with E-state index in [9.17, 15) is 14.4 Å². The number of carbonyl (C=O) groups is 3. The van der Waals surface area contributed by atoms with E-state index in [0.717, 1.165) is 0 Å². The number of amides is 3. The topological polar surface area (TPSA) is 108 Å². The highest BCUT2D eigenvalue weighted by Gasteiger charge is 2.09. The average Bonchev–Trinajstić information content (AvgIpc) is 2.35. The van der Waals surface area contributed by atoms with Crippen LogP contribution >= 0.6 is 0 Å². The van der Waals surface area contributed by atoms with E-state index in [4.69, 9.17) is 5.11 Å². The van der Waals surface area contributed by atoms with Crippen LogP contribution in [-0.2, 0) is 9.59 Å². The van der Waals surface area contributed by atoms with Crippen LogP contribution in [0.2, 0.25) is 0 Å². The highest BCUT2D eigenvalue weighted by atomic mass is 16.4. The Bertz CT molecular complexity index is 531. The van der Waals surface area contributed by atoms with Gasteiger partial charge in [-0.05, 0) is 31.5 Å². The molecule has 0 saturated carbocycles. The van der Waals surface area contributed by atoms with Crippen molar-refractivity contribution in [2.45, 2.75) is 32.7 Å². The van der Waals surface area contributed by atoms with E-state index in [1.807, 2.05) is 0 Å². The Labute approximate surface area is 122 Å². The maximum Gasteiger partial charge on any atom is 0.319 e. The third kappa shape index (κ3) is 6.95. The van der Waals surface area contributed by atoms with Gasteiger partial charge in [0.15, 0.2) is 0 Å². The number of aliphatic carboxylic acids is 1. The Morgan fingerprint density at radius 3 is 2.38 bits per heavy atom. The molecule has 0 saturated heterocycles. The maximum absolute atomic E-state index is 11.7. The fourth-order valence-corrected chi connectivity index (χ4v) is 1.68. The number of carbonyl (C=O) groups excluding carboxylic acids is 2. The zero-order valence-electron chi connectivity index (χ0n) is 12.0. The van der Waals surface area contributed by atoms with Crippen LogP contribution in [0.15, 0.2) is 24.3 Å². The van der Waals surface area contributed by atoms with Crippen LogP contribution < -0.4 is 16.0 Å². The quantitative estimate of drug-likeness (QED) is 0.643. The molecule has 7 heteroatoms. The first-order valence-electron chi connectivity index (χ1n) is 6.54. The standard InChI is InChI=1S/C14H19N3O4/c1-9(6-7-13(19)20)15-14(21)17-12-5-3-4-11(8-12)16-10(2)18/h3-5,8-9H,6-7H2,1-2H3,(H,16,18)(H,19,20)(H2,15,17,21). The highest BCUT2D eigenvalue weighted by Crippen LogP contribution is 2.14. The monoisotopic (exact) mass is 293 g/mol. The maximum atomic E-state index is 11.7.